The first-order valence-electron chi connectivity index (χ1n) is 6.13. The number of ether oxygens (including phenoxy) is 1. The highest BCUT2D eigenvalue weighted by atomic mass is 35.5. The second kappa shape index (κ2) is 6.07. The van der Waals surface area contributed by atoms with Gasteiger partial charge in [-0.05, 0) is 12.1 Å². The number of anilines is 2. The molecule has 1 aliphatic heterocycles. The minimum Gasteiger partial charge on any atom is -0.378 e. The summed E-state index contributed by atoms with van der Waals surface area (Å²) >= 11 is 6.26. The minimum atomic E-state index is -0.00761. The lowest BCUT2D eigenvalue weighted by Crippen LogP contribution is -2.37. The monoisotopic (exact) mass is 268 g/mol. The van der Waals surface area contributed by atoms with E-state index in [1.807, 2.05) is 25.1 Å². The van der Waals surface area contributed by atoms with Gasteiger partial charge < -0.3 is 15.0 Å². The van der Waals surface area contributed by atoms with Gasteiger partial charge in [0.05, 0.1) is 29.6 Å². The number of para-hydroxylation sites is 1. The zero-order chi connectivity index (χ0) is 13.0. The molecule has 1 aromatic rings. The summed E-state index contributed by atoms with van der Waals surface area (Å²) in [6.45, 7) is 4.78. The van der Waals surface area contributed by atoms with Crippen LogP contribution < -0.4 is 10.2 Å². The molecule has 0 unspecified atom stereocenters. The molecular formula is C13H17ClN2O2. The lowest BCUT2D eigenvalue weighted by Gasteiger charge is -2.31. The third-order valence-electron chi connectivity index (χ3n) is 2.91. The van der Waals surface area contributed by atoms with E-state index in [0.717, 1.165) is 24.5 Å². The SMILES string of the molecule is CCC(=O)Nc1cccc(Cl)c1N1CCOCC1. The number of hydrogen-bond donors (Lipinski definition) is 1. The lowest BCUT2D eigenvalue weighted by molar-refractivity contribution is -0.115. The summed E-state index contributed by atoms with van der Waals surface area (Å²) < 4.78 is 5.33. The summed E-state index contributed by atoms with van der Waals surface area (Å²) in [6, 6.07) is 5.57. The van der Waals surface area contributed by atoms with Crippen LogP contribution in [0.15, 0.2) is 18.2 Å². The van der Waals surface area contributed by atoms with Gasteiger partial charge in [0.1, 0.15) is 0 Å². The predicted molar refractivity (Wildman–Crippen MR) is 73.4 cm³/mol. The molecule has 0 radical (unpaired) electrons. The van der Waals surface area contributed by atoms with E-state index in [9.17, 15) is 4.79 Å². The van der Waals surface area contributed by atoms with E-state index in [0.29, 0.717) is 24.7 Å². The van der Waals surface area contributed by atoms with E-state index in [1.165, 1.54) is 0 Å². The Balaban J connectivity index is 2.28. The van der Waals surface area contributed by atoms with E-state index in [1.54, 1.807) is 0 Å². The molecule has 1 aliphatic rings. The molecule has 1 aromatic carbocycles. The first kappa shape index (κ1) is 13.2. The average molecular weight is 269 g/mol. The van der Waals surface area contributed by atoms with Crippen molar-refractivity contribution in [2.75, 3.05) is 36.5 Å². The zero-order valence-electron chi connectivity index (χ0n) is 10.4. The van der Waals surface area contributed by atoms with Crippen molar-refractivity contribution in [1.82, 2.24) is 0 Å². The number of carbonyl (C=O) groups is 1. The van der Waals surface area contributed by atoms with Gasteiger partial charge in [0.25, 0.3) is 0 Å². The fourth-order valence-corrected chi connectivity index (χ4v) is 2.26. The Bertz CT molecular complexity index is 431. The molecule has 98 valence electrons. The number of rotatable bonds is 3. The summed E-state index contributed by atoms with van der Waals surface area (Å²) in [4.78, 5) is 13.7. The molecule has 4 nitrogen and oxygen atoms in total. The maximum atomic E-state index is 11.5. The van der Waals surface area contributed by atoms with Crippen LogP contribution in [0.3, 0.4) is 0 Å². The van der Waals surface area contributed by atoms with Crippen molar-refractivity contribution >= 4 is 28.9 Å². The maximum Gasteiger partial charge on any atom is 0.224 e. The van der Waals surface area contributed by atoms with Crippen molar-refractivity contribution in [3.8, 4) is 0 Å². The fourth-order valence-electron chi connectivity index (χ4n) is 1.96. The second-order valence-corrected chi connectivity index (χ2v) is 4.54. The number of amides is 1. The van der Waals surface area contributed by atoms with Gasteiger partial charge in [0, 0.05) is 19.5 Å². The minimum absolute atomic E-state index is 0.00761. The third kappa shape index (κ3) is 2.94. The molecular weight excluding hydrogens is 252 g/mol. The number of nitrogens with zero attached hydrogens (tertiary/aromatic N) is 1. The van der Waals surface area contributed by atoms with Gasteiger partial charge in [-0.25, -0.2) is 0 Å². The molecule has 0 aliphatic carbocycles. The van der Waals surface area contributed by atoms with Gasteiger partial charge in [0.2, 0.25) is 5.91 Å². The number of nitrogens with one attached hydrogen (secondary N) is 1. The van der Waals surface area contributed by atoms with Gasteiger partial charge in [0.15, 0.2) is 0 Å². The van der Waals surface area contributed by atoms with Crippen molar-refractivity contribution in [3.63, 3.8) is 0 Å². The highest BCUT2D eigenvalue weighted by molar-refractivity contribution is 6.34. The molecule has 18 heavy (non-hydrogen) atoms. The van der Waals surface area contributed by atoms with Gasteiger partial charge in [-0.3, -0.25) is 4.79 Å². The van der Waals surface area contributed by atoms with Gasteiger partial charge in [-0.1, -0.05) is 24.6 Å². The van der Waals surface area contributed by atoms with E-state index < -0.39 is 0 Å². The van der Waals surface area contributed by atoms with Crippen LogP contribution >= 0.6 is 11.6 Å². The molecule has 1 fully saturated rings. The van der Waals surface area contributed by atoms with E-state index in [-0.39, 0.29) is 5.91 Å². The van der Waals surface area contributed by atoms with Gasteiger partial charge in [-0.15, -0.1) is 0 Å². The molecule has 0 saturated carbocycles. The van der Waals surface area contributed by atoms with Crippen LogP contribution in [-0.2, 0) is 9.53 Å². The van der Waals surface area contributed by atoms with E-state index in [2.05, 4.69) is 10.2 Å². The molecule has 0 aromatic heterocycles. The third-order valence-corrected chi connectivity index (χ3v) is 3.21. The zero-order valence-corrected chi connectivity index (χ0v) is 11.2. The van der Waals surface area contributed by atoms with E-state index in [4.69, 9.17) is 16.3 Å². The summed E-state index contributed by atoms with van der Waals surface area (Å²) in [5, 5.41) is 3.55. The lowest BCUT2D eigenvalue weighted by atomic mass is 10.2. The predicted octanol–water partition coefficient (Wildman–Crippen LogP) is 2.53. The summed E-state index contributed by atoms with van der Waals surface area (Å²) in [7, 11) is 0. The molecule has 5 heteroatoms. The summed E-state index contributed by atoms with van der Waals surface area (Å²) in [5.74, 6) is -0.00761. The molecule has 1 N–H and O–H groups in total. The van der Waals surface area contributed by atoms with Crippen LogP contribution in [0.4, 0.5) is 11.4 Å². The average Bonchev–Trinajstić information content (AvgIpc) is 2.40. The second-order valence-electron chi connectivity index (χ2n) is 4.14. The van der Waals surface area contributed by atoms with Crippen molar-refractivity contribution in [1.29, 1.82) is 0 Å². The van der Waals surface area contributed by atoms with Crippen LogP contribution in [0.2, 0.25) is 5.02 Å². The Hall–Kier alpha value is -1.26. The topological polar surface area (TPSA) is 41.6 Å². The molecule has 0 bridgehead atoms. The van der Waals surface area contributed by atoms with Crippen LogP contribution in [0, 0.1) is 0 Å². The summed E-state index contributed by atoms with van der Waals surface area (Å²) in [5.41, 5.74) is 1.67. The standard InChI is InChI=1S/C13H17ClN2O2/c1-2-12(17)15-11-5-3-4-10(14)13(11)16-6-8-18-9-7-16/h3-5H,2,6-9H2,1H3,(H,15,17). The van der Waals surface area contributed by atoms with Crippen molar-refractivity contribution in [2.24, 2.45) is 0 Å². The molecule has 1 amide bonds. The van der Waals surface area contributed by atoms with Gasteiger partial charge >= 0.3 is 0 Å². The molecule has 0 atom stereocenters. The largest absolute Gasteiger partial charge is 0.378 e. The van der Waals surface area contributed by atoms with E-state index >= 15 is 0 Å². The Morgan fingerprint density at radius 3 is 2.83 bits per heavy atom. The smallest absolute Gasteiger partial charge is 0.224 e. The van der Waals surface area contributed by atoms with Crippen LogP contribution in [0.25, 0.3) is 0 Å². The number of hydrogen-bond acceptors (Lipinski definition) is 3. The Morgan fingerprint density at radius 2 is 2.17 bits per heavy atom. The molecule has 1 saturated heterocycles. The first-order chi connectivity index (χ1) is 8.72. The van der Waals surface area contributed by atoms with Crippen molar-refractivity contribution in [2.45, 2.75) is 13.3 Å². The van der Waals surface area contributed by atoms with Crippen LogP contribution in [0.5, 0.6) is 0 Å². The van der Waals surface area contributed by atoms with Crippen LogP contribution in [0.1, 0.15) is 13.3 Å². The summed E-state index contributed by atoms with van der Waals surface area (Å²) in [6.07, 6.45) is 0.453. The van der Waals surface area contributed by atoms with Crippen molar-refractivity contribution in [3.05, 3.63) is 23.2 Å². The fraction of sp³-hybridized carbons (Fsp3) is 0.462. The first-order valence-corrected chi connectivity index (χ1v) is 6.51. The number of halogens is 1. The Labute approximate surface area is 112 Å². The number of benzene rings is 1. The highest BCUT2D eigenvalue weighted by Crippen LogP contribution is 2.34. The normalized spacial score (nSPS) is 15.6. The Kier molecular flexibility index (Phi) is 4.44. The molecule has 2 rings (SSSR count). The number of morpholine rings is 1. The van der Waals surface area contributed by atoms with Crippen molar-refractivity contribution < 1.29 is 9.53 Å². The Morgan fingerprint density at radius 1 is 1.44 bits per heavy atom. The van der Waals surface area contributed by atoms with Gasteiger partial charge in [-0.2, -0.15) is 0 Å². The maximum absolute atomic E-state index is 11.5. The quantitative estimate of drug-likeness (QED) is 0.916. The number of carbonyl (C=O) groups excluding carboxylic acids is 1. The molecule has 1 heterocycles. The van der Waals surface area contributed by atoms with Crippen LogP contribution in [-0.4, -0.2) is 32.2 Å². The molecule has 0 spiro atoms. The highest BCUT2D eigenvalue weighted by Gasteiger charge is 2.18.